The smallest absolute Gasteiger partial charge is 0.123 e. The Labute approximate surface area is 126 Å². The van der Waals surface area contributed by atoms with Gasteiger partial charge in [0.25, 0.3) is 0 Å². The standard InChI is InChI=1S/C15H17BrFNS/c1-3-11-6-8-14(19-11)15(18-4-2)12-9-10(17)5-7-13(12)16/h5-9,15,18H,3-4H2,1-2H3. The third kappa shape index (κ3) is 3.44. The highest BCUT2D eigenvalue weighted by Crippen LogP contribution is 2.33. The highest BCUT2D eigenvalue weighted by atomic mass is 79.9. The topological polar surface area (TPSA) is 12.0 Å². The van der Waals surface area contributed by atoms with Gasteiger partial charge in [-0.05, 0) is 48.9 Å². The van der Waals surface area contributed by atoms with Gasteiger partial charge in [-0.15, -0.1) is 11.3 Å². The minimum absolute atomic E-state index is 0.0420. The first-order valence-corrected chi connectivity index (χ1v) is 8.03. The van der Waals surface area contributed by atoms with Crippen molar-refractivity contribution in [2.75, 3.05) is 6.54 Å². The van der Waals surface area contributed by atoms with E-state index >= 15 is 0 Å². The van der Waals surface area contributed by atoms with Gasteiger partial charge in [-0.25, -0.2) is 4.39 Å². The minimum atomic E-state index is -0.201. The van der Waals surface area contributed by atoms with E-state index < -0.39 is 0 Å². The molecule has 1 aromatic heterocycles. The SMILES string of the molecule is CCNC(c1ccc(CC)s1)c1cc(F)ccc1Br. The van der Waals surface area contributed by atoms with Crippen LogP contribution in [0.1, 0.15) is 35.2 Å². The Bertz CT molecular complexity index is 553. The molecule has 0 aliphatic heterocycles. The Morgan fingerprint density at radius 2 is 2.05 bits per heavy atom. The Kier molecular flexibility index (Phi) is 5.13. The predicted molar refractivity (Wildman–Crippen MR) is 83.3 cm³/mol. The van der Waals surface area contributed by atoms with Crippen LogP contribution in [0.25, 0.3) is 0 Å². The summed E-state index contributed by atoms with van der Waals surface area (Å²) in [6, 6.07) is 9.17. The van der Waals surface area contributed by atoms with Gasteiger partial charge in [-0.2, -0.15) is 0 Å². The highest BCUT2D eigenvalue weighted by molar-refractivity contribution is 9.10. The normalized spacial score (nSPS) is 12.6. The molecule has 2 rings (SSSR count). The van der Waals surface area contributed by atoms with E-state index in [1.165, 1.54) is 15.8 Å². The molecule has 1 aromatic carbocycles. The number of benzene rings is 1. The van der Waals surface area contributed by atoms with Crippen LogP contribution in [-0.4, -0.2) is 6.54 Å². The zero-order valence-electron chi connectivity index (χ0n) is 11.0. The summed E-state index contributed by atoms with van der Waals surface area (Å²) < 4.78 is 14.4. The third-order valence-corrected chi connectivity index (χ3v) is 5.01. The molecular formula is C15H17BrFNS. The molecule has 0 amide bonds. The molecule has 4 heteroatoms. The molecular weight excluding hydrogens is 325 g/mol. The van der Waals surface area contributed by atoms with Crippen LogP contribution in [0.3, 0.4) is 0 Å². The van der Waals surface area contributed by atoms with E-state index in [2.05, 4.69) is 47.2 Å². The van der Waals surface area contributed by atoms with E-state index in [1.807, 2.05) is 0 Å². The fraction of sp³-hybridized carbons (Fsp3) is 0.333. The molecule has 0 spiro atoms. The monoisotopic (exact) mass is 341 g/mol. The van der Waals surface area contributed by atoms with Crippen LogP contribution in [0.4, 0.5) is 4.39 Å². The molecule has 0 aliphatic rings. The zero-order valence-corrected chi connectivity index (χ0v) is 13.4. The van der Waals surface area contributed by atoms with Crippen LogP contribution in [0.2, 0.25) is 0 Å². The number of hydrogen-bond acceptors (Lipinski definition) is 2. The van der Waals surface area contributed by atoms with Crippen molar-refractivity contribution in [2.45, 2.75) is 26.3 Å². The van der Waals surface area contributed by atoms with Gasteiger partial charge in [0, 0.05) is 14.2 Å². The van der Waals surface area contributed by atoms with Gasteiger partial charge < -0.3 is 5.32 Å². The van der Waals surface area contributed by atoms with E-state index in [1.54, 1.807) is 23.5 Å². The van der Waals surface area contributed by atoms with Gasteiger partial charge in [-0.3, -0.25) is 0 Å². The predicted octanol–water partition coefficient (Wildman–Crippen LogP) is 4.91. The lowest BCUT2D eigenvalue weighted by atomic mass is 10.1. The molecule has 2 aromatic rings. The molecule has 0 fully saturated rings. The molecule has 0 bridgehead atoms. The van der Waals surface area contributed by atoms with Gasteiger partial charge in [0.15, 0.2) is 0 Å². The fourth-order valence-corrected chi connectivity index (χ4v) is 3.57. The van der Waals surface area contributed by atoms with E-state index in [4.69, 9.17) is 0 Å². The maximum absolute atomic E-state index is 13.5. The van der Waals surface area contributed by atoms with Crippen molar-refractivity contribution in [1.29, 1.82) is 0 Å². The Hall–Kier alpha value is -0.710. The van der Waals surface area contributed by atoms with Crippen molar-refractivity contribution < 1.29 is 4.39 Å². The maximum Gasteiger partial charge on any atom is 0.123 e. The van der Waals surface area contributed by atoms with E-state index in [0.717, 1.165) is 23.0 Å². The first-order valence-electron chi connectivity index (χ1n) is 6.42. The molecule has 0 aliphatic carbocycles. The average molecular weight is 342 g/mol. The molecule has 1 N–H and O–H groups in total. The van der Waals surface area contributed by atoms with Gasteiger partial charge in [0.1, 0.15) is 5.82 Å². The summed E-state index contributed by atoms with van der Waals surface area (Å²) in [6.45, 7) is 5.05. The minimum Gasteiger partial charge on any atom is -0.306 e. The van der Waals surface area contributed by atoms with Gasteiger partial charge in [-0.1, -0.05) is 29.8 Å². The first kappa shape index (κ1) is 14.7. The van der Waals surface area contributed by atoms with Crippen molar-refractivity contribution in [2.24, 2.45) is 0 Å². The summed E-state index contributed by atoms with van der Waals surface area (Å²) in [5, 5.41) is 3.43. The average Bonchev–Trinajstić information content (AvgIpc) is 2.88. The molecule has 102 valence electrons. The zero-order chi connectivity index (χ0) is 13.8. The van der Waals surface area contributed by atoms with Crippen LogP contribution in [0, 0.1) is 5.82 Å². The van der Waals surface area contributed by atoms with Crippen LogP contribution in [-0.2, 0) is 6.42 Å². The van der Waals surface area contributed by atoms with Gasteiger partial charge in [0.2, 0.25) is 0 Å². The number of nitrogens with one attached hydrogen (secondary N) is 1. The lowest BCUT2D eigenvalue weighted by Crippen LogP contribution is -2.21. The summed E-state index contributed by atoms with van der Waals surface area (Å²) in [6.07, 6.45) is 1.04. The molecule has 1 nitrogen and oxygen atoms in total. The van der Waals surface area contributed by atoms with Crippen LogP contribution in [0.5, 0.6) is 0 Å². The number of rotatable bonds is 5. The number of thiophene rings is 1. The van der Waals surface area contributed by atoms with E-state index in [9.17, 15) is 4.39 Å². The fourth-order valence-electron chi connectivity index (χ4n) is 2.04. The third-order valence-electron chi connectivity index (χ3n) is 2.99. The van der Waals surface area contributed by atoms with E-state index in [-0.39, 0.29) is 11.9 Å². The second-order valence-corrected chi connectivity index (χ2v) is 6.37. The first-order chi connectivity index (χ1) is 9.15. The van der Waals surface area contributed by atoms with Crippen molar-refractivity contribution in [3.63, 3.8) is 0 Å². The second kappa shape index (κ2) is 6.64. The van der Waals surface area contributed by atoms with Crippen LogP contribution in [0.15, 0.2) is 34.8 Å². The lowest BCUT2D eigenvalue weighted by molar-refractivity contribution is 0.605. The molecule has 1 atom stereocenters. The quantitative estimate of drug-likeness (QED) is 0.814. The van der Waals surface area contributed by atoms with Gasteiger partial charge >= 0.3 is 0 Å². The van der Waals surface area contributed by atoms with Crippen LogP contribution < -0.4 is 5.32 Å². The number of aryl methyl sites for hydroxylation is 1. The highest BCUT2D eigenvalue weighted by Gasteiger charge is 2.18. The van der Waals surface area contributed by atoms with Crippen molar-refractivity contribution >= 4 is 27.3 Å². The molecule has 0 saturated carbocycles. The van der Waals surface area contributed by atoms with Crippen LogP contribution >= 0.6 is 27.3 Å². The molecule has 1 unspecified atom stereocenters. The Balaban J connectivity index is 2.41. The lowest BCUT2D eigenvalue weighted by Gasteiger charge is -2.18. The number of halogens is 2. The van der Waals surface area contributed by atoms with Crippen molar-refractivity contribution in [1.82, 2.24) is 5.32 Å². The molecule has 1 heterocycles. The molecule has 0 saturated heterocycles. The van der Waals surface area contributed by atoms with Crippen molar-refractivity contribution in [3.05, 3.63) is 55.9 Å². The summed E-state index contributed by atoms with van der Waals surface area (Å²) in [7, 11) is 0. The number of hydrogen-bond donors (Lipinski definition) is 1. The van der Waals surface area contributed by atoms with Gasteiger partial charge in [0.05, 0.1) is 6.04 Å². The molecule has 19 heavy (non-hydrogen) atoms. The largest absolute Gasteiger partial charge is 0.306 e. The summed E-state index contributed by atoms with van der Waals surface area (Å²) in [5.74, 6) is -0.201. The molecule has 0 radical (unpaired) electrons. The second-order valence-electron chi connectivity index (χ2n) is 4.31. The summed E-state index contributed by atoms with van der Waals surface area (Å²) in [5.41, 5.74) is 0.950. The Morgan fingerprint density at radius 3 is 2.68 bits per heavy atom. The summed E-state index contributed by atoms with van der Waals surface area (Å²) in [4.78, 5) is 2.58. The maximum atomic E-state index is 13.5. The van der Waals surface area contributed by atoms with Crippen molar-refractivity contribution in [3.8, 4) is 0 Å². The van der Waals surface area contributed by atoms with E-state index in [0.29, 0.717) is 0 Å². The Morgan fingerprint density at radius 1 is 1.26 bits per heavy atom. The summed E-state index contributed by atoms with van der Waals surface area (Å²) >= 11 is 5.30.